The summed E-state index contributed by atoms with van der Waals surface area (Å²) in [6.45, 7) is 3.89. The van der Waals surface area contributed by atoms with Crippen LogP contribution >= 0.6 is 0 Å². The quantitative estimate of drug-likeness (QED) is 0.708. The molecule has 0 amide bonds. The average molecular weight is 183 g/mol. The third kappa shape index (κ3) is 1.61. The average Bonchev–Trinajstić information content (AvgIpc) is 2.04. The van der Waals surface area contributed by atoms with Gasteiger partial charge in [-0.1, -0.05) is 18.6 Å². The number of allylic oxidation sites excluding steroid dienone is 1. The number of hydrogen-bond acceptors (Lipinski definition) is 2. The van der Waals surface area contributed by atoms with Crippen LogP contribution in [0.2, 0.25) is 0 Å². The standard InChI is InChI=1S/C10H15O3/c1-7-4-5-10(13-3,9(11)12)8(2)6-7/h4-5,8H,6H2,1-3H3,(H,11,12). The predicted octanol–water partition coefficient (Wildman–Crippen LogP) is 1.65. The third-order valence-electron chi connectivity index (χ3n) is 2.65. The molecule has 1 aliphatic carbocycles. The van der Waals surface area contributed by atoms with Crippen molar-refractivity contribution in [1.82, 2.24) is 0 Å². The van der Waals surface area contributed by atoms with Gasteiger partial charge in [-0.2, -0.15) is 0 Å². The van der Waals surface area contributed by atoms with E-state index in [4.69, 9.17) is 9.84 Å². The molecule has 1 rings (SSSR count). The van der Waals surface area contributed by atoms with E-state index in [0.29, 0.717) is 0 Å². The molecular weight excluding hydrogens is 168 g/mol. The van der Waals surface area contributed by atoms with Gasteiger partial charge < -0.3 is 9.84 Å². The second-order valence-corrected chi connectivity index (χ2v) is 3.59. The molecule has 0 bridgehead atoms. The summed E-state index contributed by atoms with van der Waals surface area (Å²) < 4.78 is 5.10. The molecule has 0 aromatic rings. The molecule has 2 unspecified atom stereocenters. The molecule has 73 valence electrons. The zero-order chi connectivity index (χ0) is 10.1. The van der Waals surface area contributed by atoms with Gasteiger partial charge >= 0.3 is 5.97 Å². The maximum Gasteiger partial charge on any atom is 0.336 e. The van der Waals surface area contributed by atoms with Gasteiger partial charge in [-0.05, 0) is 13.3 Å². The molecular formula is C10H15O3. The van der Waals surface area contributed by atoms with Gasteiger partial charge in [-0.25, -0.2) is 4.79 Å². The molecule has 0 heterocycles. The number of rotatable bonds is 2. The highest BCUT2D eigenvalue weighted by molar-refractivity contribution is 5.81. The second kappa shape index (κ2) is 3.50. The predicted molar refractivity (Wildman–Crippen MR) is 49.2 cm³/mol. The molecule has 1 aliphatic rings. The number of carboxylic acids is 1. The number of hydrogen-bond donors (Lipinski definition) is 1. The zero-order valence-corrected chi connectivity index (χ0v) is 8.20. The monoisotopic (exact) mass is 183 g/mol. The summed E-state index contributed by atoms with van der Waals surface area (Å²) in [4.78, 5) is 11.0. The Hall–Kier alpha value is -0.830. The first-order valence-electron chi connectivity index (χ1n) is 4.33. The van der Waals surface area contributed by atoms with Crippen LogP contribution in [-0.2, 0) is 9.53 Å². The van der Waals surface area contributed by atoms with Crippen LogP contribution in [0.4, 0.5) is 0 Å². The topological polar surface area (TPSA) is 46.5 Å². The molecule has 0 spiro atoms. The van der Waals surface area contributed by atoms with Crippen LogP contribution in [0, 0.1) is 12.3 Å². The van der Waals surface area contributed by atoms with E-state index in [1.807, 2.05) is 19.9 Å². The molecule has 1 radical (unpaired) electrons. The lowest BCUT2D eigenvalue weighted by atomic mass is 9.77. The largest absolute Gasteiger partial charge is 0.479 e. The summed E-state index contributed by atoms with van der Waals surface area (Å²) in [7, 11) is 1.44. The SMILES string of the molecule is COC1(C(=O)O)[CH]C=C(C)CC1C. The van der Waals surface area contributed by atoms with E-state index in [0.717, 1.165) is 6.42 Å². The van der Waals surface area contributed by atoms with Gasteiger partial charge in [0.05, 0.1) is 0 Å². The van der Waals surface area contributed by atoms with Gasteiger partial charge in [0.15, 0.2) is 5.60 Å². The van der Waals surface area contributed by atoms with E-state index >= 15 is 0 Å². The minimum absolute atomic E-state index is 0.0139. The highest BCUT2D eigenvalue weighted by Gasteiger charge is 2.45. The highest BCUT2D eigenvalue weighted by atomic mass is 16.5. The smallest absolute Gasteiger partial charge is 0.336 e. The molecule has 2 atom stereocenters. The molecule has 3 heteroatoms. The number of carbonyl (C=O) groups is 1. The number of methoxy groups -OCH3 is 1. The Bertz CT molecular complexity index is 245. The van der Waals surface area contributed by atoms with E-state index < -0.39 is 11.6 Å². The summed E-state index contributed by atoms with van der Waals surface area (Å²) in [5.41, 5.74) is 0.0703. The van der Waals surface area contributed by atoms with Crippen LogP contribution in [0.25, 0.3) is 0 Å². The first kappa shape index (κ1) is 10.3. The van der Waals surface area contributed by atoms with Gasteiger partial charge in [0.2, 0.25) is 0 Å². The Kier molecular flexibility index (Phi) is 2.76. The third-order valence-corrected chi connectivity index (χ3v) is 2.65. The number of aliphatic carboxylic acids is 1. The lowest BCUT2D eigenvalue weighted by Gasteiger charge is -2.36. The van der Waals surface area contributed by atoms with Crippen molar-refractivity contribution >= 4 is 5.97 Å². The normalized spacial score (nSPS) is 34.1. The minimum Gasteiger partial charge on any atom is -0.479 e. The molecule has 0 saturated heterocycles. The summed E-state index contributed by atoms with van der Waals surface area (Å²) >= 11 is 0. The van der Waals surface area contributed by atoms with E-state index in [-0.39, 0.29) is 5.92 Å². The second-order valence-electron chi connectivity index (χ2n) is 3.59. The summed E-state index contributed by atoms with van der Waals surface area (Å²) in [5, 5.41) is 9.06. The van der Waals surface area contributed by atoms with Crippen molar-refractivity contribution in [2.45, 2.75) is 25.9 Å². The fourth-order valence-corrected chi connectivity index (χ4v) is 1.77. The van der Waals surface area contributed by atoms with Crippen molar-refractivity contribution in [3.05, 3.63) is 18.1 Å². The van der Waals surface area contributed by atoms with Crippen molar-refractivity contribution in [1.29, 1.82) is 0 Å². The summed E-state index contributed by atoms with van der Waals surface area (Å²) in [6.07, 6.45) is 4.24. The minimum atomic E-state index is -1.13. The maximum absolute atomic E-state index is 11.0. The van der Waals surface area contributed by atoms with Crippen LogP contribution in [0.3, 0.4) is 0 Å². The van der Waals surface area contributed by atoms with Gasteiger partial charge in [0, 0.05) is 19.4 Å². The van der Waals surface area contributed by atoms with Gasteiger partial charge in [-0.3, -0.25) is 0 Å². The molecule has 3 nitrogen and oxygen atoms in total. The molecule has 0 aromatic carbocycles. The fourth-order valence-electron chi connectivity index (χ4n) is 1.77. The van der Waals surface area contributed by atoms with Crippen LogP contribution in [0.1, 0.15) is 20.3 Å². The molecule has 0 fully saturated rings. The first-order valence-corrected chi connectivity index (χ1v) is 4.33. The summed E-state index contributed by atoms with van der Waals surface area (Å²) in [5.74, 6) is -0.925. The Morgan fingerprint density at radius 2 is 2.38 bits per heavy atom. The Labute approximate surface area is 78.4 Å². The Balaban J connectivity index is 2.95. The number of ether oxygens (including phenoxy) is 1. The van der Waals surface area contributed by atoms with Gasteiger partial charge in [-0.15, -0.1) is 0 Å². The van der Waals surface area contributed by atoms with E-state index in [9.17, 15) is 4.79 Å². The van der Waals surface area contributed by atoms with Crippen LogP contribution in [-0.4, -0.2) is 23.8 Å². The lowest BCUT2D eigenvalue weighted by Crippen LogP contribution is -2.48. The first-order chi connectivity index (χ1) is 6.03. The van der Waals surface area contributed by atoms with E-state index in [1.165, 1.54) is 12.7 Å². The summed E-state index contributed by atoms with van der Waals surface area (Å²) in [6, 6.07) is 0. The maximum atomic E-state index is 11.0. The lowest BCUT2D eigenvalue weighted by molar-refractivity contribution is -0.163. The van der Waals surface area contributed by atoms with Crippen molar-refractivity contribution in [2.24, 2.45) is 5.92 Å². The highest BCUT2D eigenvalue weighted by Crippen LogP contribution is 2.34. The van der Waals surface area contributed by atoms with Crippen LogP contribution < -0.4 is 0 Å². The molecule has 1 N–H and O–H groups in total. The van der Waals surface area contributed by atoms with Crippen molar-refractivity contribution in [3.8, 4) is 0 Å². The van der Waals surface area contributed by atoms with E-state index in [2.05, 4.69) is 0 Å². The molecule has 13 heavy (non-hydrogen) atoms. The molecule has 0 saturated carbocycles. The van der Waals surface area contributed by atoms with Crippen molar-refractivity contribution < 1.29 is 14.6 Å². The van der Waals surface area contributed by atoms with Crippen molar-refractivity contribution in [2.75, 3.05) is 7.11 Å². The Morgan fingerprint density at radius 3 is 2.77 bits per heavy atom. The van der Waals surface area contributed by atoms with E-state index in [1.54, 1.807) is 6.42 Å². The fraction of sp³-hybridized carbons (Fsp3) is 0.600. The van der Waals surface area contributed by atoms with Gasteiger partial charge in [0.1, 0.15) is 0 Å². The van der Waals surface area contributed by atoms with Crippen LogP contribution in [0.5, 0.6) is 0 Å². The molecule has 0 aromatic heterocycles. The van der Waals surface area contributed by atoms with Crippen molar-refractivity contribution in [3.63, 3.8) is 0 Å². The van der Waals surface area contributed by atoms with Gasteiger partial charge in [0.25, 0.3) is 0 Å². The Morgan fingerprint density at radius 1 is 1.77 bits per heavy atom. The van der Waals surface area contributed by atoms with Crippen LogP contribution in [0.15, 0.2) is 11.6 Å². The molecule has 0 aliphatic heterocycles. The number of carboxylic acid groups (broad SMARTS) is 1. The zero-order valence-electron chi connectivity index (χ0n) is 8.20.